The van der Waals surface area contributed by atoms with Crippen molar-refractivity contribution in [3.8, 4) is 11.5 Å². The summed E-state index contributed by atoms with van der Waals surface area (Å²) in [6, 6.07) is 8.65. The monoisotopic (exact) mass is 634 g/mol. The smallest absolute Gasteiger partial charge is 0.338 e. The number of halogens is 2. The maximum Gasteiger partial charge on any atom is 0.338 e. The first kappa shape index (κ1) is 26.4. The summed E-state index contributed by atoms with van der Waals surface area (Å²) in [5.41, 5.74) is 3.16. The molecule has 0 radical (unpaired) electrons. The topological polar surface area (TPSA) is 79.1 Å². The summed E-state index contributed by atoms with van der Waals surface area (Å²) in [5, 5.41) is 0. The van der Waals surface area contributed by atoms with Crippen molar-refractivity contribution in [2.45, 2.75) is 26.8 Å². The quantitative estimate of drug-likeness (QED) is 0.369. The molecule has 0 N–H and O–H groups in total. The van der Waals surface area contributed by atoms with Gasteiger partial charge >= 0.3 is 5.97 Å². The Balaban J connectivity index is 2.01. The second kappa shape index (κ2) is 10.7. The summed E-state index contributed by atoms with van der Waals surface area (Å²) >= 11 is 8.43. The predicted octanol–water partition coefficient (Wildman–Crippen LogP) is 4.65. The Bertz CT molecular complexity index is 1570. The van der Waals surface area contributed by atoms with Gasteiger partial charge in [0.1, 0.15) is 0 Å². The van der Waals surface area contributed by atoms with Crippen LogP contribution in [-0.2, 0) is 9.53 Å². The summed E-state index contributed by atoms with van der Waals surface area (Å²) in [6.07, 6.45) is 1.83. The molecule has 0 bridgehead atoms. The van der Waals surface area contributed by atoms with Crippen LogP contribution in [0.25, 0.3) is 6.08 Å². The van der Waals surface area contributed by atoms with Gasteiger partial charge in [0.05, 0.1) is 42.7 Å². The van der Waals surface area contributed by atoms with Gasteiger partial charge in [-0.05, 0) is 61.7 Å². The SMILES string of the molecule is CCOC(=O)C1=C(C)N=c2s/c(=C\c3ccc(C)c(Br)c3)c(=O)n2[C@H]1c1cc(OC)c(OC)cc1Br. The van der Waals surface area contributed by atoms with Crippen molar-refractivity contribution in [3.05, 3.63) is 86.9 Å². The molecule has 0 fully saturated rings. The number of aromatic nitrogens is 1. The van der Waals surface area contributed by atoms with E-state index in [0.717, 1.165) is 15.6 Å². The van der Waals surface area contributed by atoms with Crippen LogP contribution in [0.1, 0.15) is 36.6 Å². The van der Waals surface area contributed by atoms with Gasteiger partial charge in [0.2, 0.25) is 0 Å². The summed E-state index contributed by atoms with van der Waals surface area (Å²) in [5.74, 6) is 0.464. The van der Waals surface area contributed by atoms with Crippen molar-refractivity contribution < 1.29 is 19.0 Å². The number of methoxy groups -OCH3 is 2. The third-order valence-corrected chi connectivity index (χ3v) is 8.33. The number of fused-ring (bicyclic) bond motifs is 1. The van der Waals surface area contributed by atoms with Gasteiger partial charge < -0.3 is 14.2 Å². The van der Waals surface area contributed by atoms with Crippen LogP contribution in [-0.4, -0.2) is 31.4 Å². The van der Waals surface area contributed by atoms with Crippen molar-refractivity contribution in [3.63, 3.8) is 0 Å². The van der Waals surface area contributed by atoms with Crippen molar-refractivity contribution in [2.24, 2.45) is 4.99 Å². The van der Waals surface area contributed by atoms with Crippen molar-refractivity contribution in [1.29, 1.82) is 0 Å². The zero-order chi connectivity index (χ0) is 26.1. The van der Waals surface area contributed by atoms with Crippen LogP contribution in [0.4, 0.5) is 0 Å². The van der Waals surface area contributed by atoms with Gasteiger partial charge in [0.25, 0.3) is 5.56 Å². The lowest BCUT2D eigenvalue weighted by molar-refractivity contribution is -0.139. The minimum absolute atomic E-state index is 0.197. The molecule has 0 unspecified atom stereocenters. The average molecular weight is 636 g/mol. The van der Waals surface area contributed by atoms with Crippen LogP contribution in [0.5, 0.6) is 11.5 Å². The standard InChI is InChI=1S/C26H24Br2N2O5S/c1-6-35-25(32)22-14(3)29-26-30(23(22)16-11-19(33-4)20(34-5)12-18(16)28)24(31)21(36-26)10-15-8-7-13(2)17(27)9-15/h7-12,23H,6H2,1-5H3/b21-10-/t23-/m0/s1. The van der Waals surface area contributed by atoms with Gasteiger partial charge in [-0.15, -0.1) is 0 Å². The summed E-state index contributed by atoms with van der Waals surface area (Å²) in [7, 11) is 3.08. The van der Waals surface area contributed by atoms with E-state index < -0.39 is 12.0 Å². The lowest BCUT2D eigenvalue weighted by Gasteiger charge is -2.26. The lowest BCUT2D eigenvalue weighted by Crippen LogP contribution is -2.40. The van der Waals surface area contributed by atoms with E-state index in [1.54, 1.807) is 37.7 Å². The average Bonchev–Trinajstić information content (AvgIpc) is 3.14. The molecule has 0 amide bonds. The van der Waals surface area contributed by atoms with E-state index in [9.17, 15) is 9.59 Å². The Morgan fingerprint density at radius 3 is 2.44 bits per heavy atom. The maximum atomic E-state index is 13.8. The third-order valence-electron chi connectivity index (χ3n) is 5.81. The van der Waals surface area contributed by atoms with E-state index in [1.807, 2.05) is 31.2 Å². The van der Waals surface area contributed by atoms with E-state index in [2.05, 4.69) is 36.9 Å². The second-order valence-corrected chi connectivity index (χ2v) is 10.8. The molecule has 4 rings (SSSR count). The van der Waals surface area contributed by atoms with E-state index in [1.165, 1.54) is 18.4 Å². The zero-order valence-corrected chi connectivity index (χ0v) is 24.3. The Morgan fingerprint density at radius 1 is 1.11 bits per heavy atom. The van der Waals surface area contributed by atoms with Gasteiger partial charge in [0, 0.05) is 8.95 Å². The fourth-order valence-electron chi connectivity index (χ4n) is 4.02. The second-order valence-electron chi connectivity index (χ2n) is 8.04. The largest absolute Gasteiger partial charge is 0.493 e. The molecule has 1 aliphatic rings. The molecule has 7 nitrogen and oxygen atoms in total. The molecule has 1 atom stereocenters. The van der Waals surface area contributed by atoms with Crippen LogP contribution in [0, 0.1) is 6.92 Å². The number of thiazole rings is 1. The van der Waals surface area contributed by atoms with Gasteiger partial charge in [-0.1, -0.05) is 55.3 Å². The summed E-state index contributed by atoms with van der Waals surface area (Å²) in [6.45, 7) is 5.69. The number of hydrogen-bond acceptors (Lipinski definition) is 7. The van der Waals surface area contributed by atoms with E-state index in [-0.39, 0.29) is 12.2 Å². The molecule has 1 aliphatic heterocycles. The minimum atomic E-state index is -0.776. The van der Waals surface area contributed by atoms with Crippen molar-refractivity contribution in [1.82, 2.24) is 4.57 Å². The Hall–Kier alpha value is -2.69. The lowest BCUT2D eigenvalue weighted by atomic mass is 9.95. The fraction of sp³-hybridized carbons (Fsp3) is 0.269. The first-order chi connectivity index (χ1) is 17.2. The van der Waals surface area contributed by atoms with Crippen LogP contribution < -0.4 is 24.4 Å². The van der Waals surface area contributed by atoms with Gasteiger partial charge in [-0.3, -0.25) is 9.36 Å². The Labute approximate surface area is 229 Å². The minimum Gasteiger partial charge on any atom is -0.493 e. The molecule has 36 heavy (non-hydrogen) atoms. The third kappa shape index (κ3) is 4.81. The number of nitrogens with zero attached hydrogens (tertiary/aromatic N) is 2. The van der Waals surface area contributed by atoms with Crippen LogP contribution in [0.15, 0.2) is 60.3 Å². The molecule has 0 aliphatic carbocycles. The first-order valence-corrected chi connectivity index (χ1v) is 13.5. The number of aryl methyl sites for hydroxylation is 1. The normalized spacial score (nSPS) is 15.4. The number of carbonyl (C=O) groups excluding carboxylic acids is 1. The molecule has 0 spiro atoms. The van der Waals surface area contributed by atoms with E-state index in [4.69, 9.17) is 14.2 Å². The van der Waals surface area contributed by atoms with E-state index in [0.29, 0.717) is 42.1 Å². The number of carbonyl (C=O) groups is 1. The fourth-order valence-corrected chi connectivity index (χ4v) is 6.00. The van der Waals surface area contributed by atoms with Gasteiger partial charge in [0.15, 0.2) is 16.3 Å². The molecule has 188 valence electrons. The molecule has 2 aromatic carbocycles. The number of ether oxygens (including phenoxy) is 3. The van der Waals surface area contributed by atoms with Crippen molar-refractivity contribution in [2.75, 3.05) is 20.8 Å². The van der Waals surface area contributed by atoms with E-state index >= 15 is 0 Å². The molecular weight excluding hydrogens is 612 g/mol. The summed E-state index contributed by atoms with van der Waals surface area (Å²) in [4.78, 5) is 32.1. The first-order valence-electron chi connectivity index (χ1n) is 11.1. The van der Waals surface area contributed by atoms with Gasteiger partial charge in [-0.25, -0.2) is 9.79 Å². The predicted molar refractivity (Wildman–Crippen MR) is 147 cm³/mol. The number of rotatable bonds is 6. The highest BCUT2D eigenvalue weighted by atomic mass is 79.9. The zero-order valence-electron chi connectivity index (χ0n) is 20.3. The molecule has 0 saturated heterocycles. The highest BCUT2D eigenvalue weighted by Crippen LogP contribution is 2.40. The number of hydrogen-bond donors (Lipinski definition) is 0. The molecule has 10 heteroatoms. The summed E-state index contributed by atoms with van der Waals surface area (Å²) < 4.78 is 20.0. The molecule has 0 saturated carbocycles. The van der Waals surface area contributed by atoms with Crippen LogP contribution in [0.3, 0.4) is 0 Å². The molecular formula is C26H24Br2N2O5S. The number of benzene rings is 2. The Kier molecular flexibility index (Phi) is 7.87. The van der Waals surface area contributed by atoms with Crippen LogP contribution >= 0.6 is 43.2 Å². The highest BCUT2D eigenvalue weighted by Gasteiger charge is 2.35. The Morgan fingerprint density at radius 2 is 1.81 bits per heavy atom. The maximum absolute atomic E-state index is 13.8. The molecule has 1 aromatic heterocycles. The van der Waals surface area contributed by atoms with Crippen molar-refractivity contribution >= 4 is 55.2 Å². The molecule has 2 heterocycles. The van der Waals surface area contributed by atoms with Crippen LogP contribution in [0.2, 0.25) is 0 Å². The number of allylic oxidation sites excluding steroid dienone is 1. The molecule has 3 aromatic rings. The highest BCUT2D eigenvalue weighted by molar-refractivity contribution is 9.10. The number of esters is 1. The van der Waals surface area contributed by atoms with Gasteiger partial charge in [-0.2, -0.15) is 0 Å².